The molecule has 2 heterocycles. The number of halogens is 3. The Morgan fingerprint density at radius 1 is 0.711 bits per heavy atom. The zero-order valence-electron chi connectivity index (χ0n) is 20.9. The van der Waals surface area contributed by atoms with Crippen LogP contribution in [0.5, 0.6) is 0 Å². The minimum absolute atomic E-state index is 0.0551. The van der Waals surface area contributed by atoms with Crippen molar-refractivity contribution in [3.05, 3.63) is 71.3 Å². The number of amides is 1. The van der Waals surface area contributed by atoms with Crippen molar-refractivity contribution in [1.82, 2.24) is 14.7 Å². The fourth-order valence-corrected chi connectivity index (χ4v) is 4.62. The smallest absolute Gasteiger partial charge is 0.416 e. The third-order valence-electron chi connectivity index (χ3n) is 6.74. The summed E-state index contributed by atoms with van der Waals surface area (Å²) >= 11 is 0. The van der Waals surface area contributed by atoms with Crippen molar-refractivity contribution in [2.24, 2.45) is 5.92 Å². The Labute approximate surface area is 219 Å². The fraction of sp³-hybridized carbons (Fsp3) is 0.444. The van der Waals surface area contributed by atoms with E-state index in [9.17, 15) is 18.0 Å². The quantitative estimate of drug-likeness (QED) is 0.566. The average Bonchev–Trinajstić information content (AvgIpc) is 2.90. The molecule has 0 atom stereocenters. The molecule has 0 unspecified atom stereocenters. The number of hydrogen-bond acceptors (Lipinski definition) is 5. The van der Waals surface area contributed by atoms with Gasteiger partial charge in [-0.25, -0.2) is 9.59 Å². The zero-order chi connectivity index (χ0) is 27.7. The molecule has 1 amide bonds. The molecule has 0 radical (unpaired) electrons. The zero-order valence-corrected chi connectivity index (χ0v) is 20.9. The normalized spacial score (nSPS) is 17.4. The summed E-state index contributed by atoms with van der Waals surface area (Å²) in [5.74, 6) is -3.33. The highest BCUT2D eigenvalue weighted by atomic mass is 19.4. The summed E-state index contributed by atoms with van der Waals surface area (Å²) in [4.78, 5) is 37.8. The Kier molecular flexibility index (Phi) is 10.3. The molecular weight excluding hydrogens is 503 g/mol. The summed E-state index contributed by atoms with van der Waals surface area (Å²) in [5.41, 5.74) is 1.56. The van der Waals surface area contributed by atoms with E-state index in [-0.39, 0.29) is 11.8 Å². The van der Waals surface area contributed by atoms with Gasteiger partial charge in [0, 0.05) is 45.2 Å². The van der Waals surface area contributed by atoms with Gasteiger partial charge >= 0.3 is 18.1 Å². The van der Waals surface area contributed by atoms with E-state index in [1.165, 1.54) is 5.56 Å². The second-order valence-corrected chi connectivity index (χ2v) is 9.44. The third kappa shape index (κ3) is 8.84. The first-order valence-electron chi connectivity index (χ1n) is 12.4. The molecule has 2 aromatic rings. The van der Waals surface area contributed by atoms with Gasteiger partial charge in [0.2, 0.25) is 5.91 Å². The topological polar surface area (TPSA) is 101 Å². The number of likely N-dealkylation sites (tertiary alicyclic amines) is 1. The molecule has 0 bridgehead atoms. The molecule has 2 aliphatic rings. The second kappa shape index (κ2) is 13.4. The van der Waals surface area contributed by atoms with Crippen molar-refractivity contribution in [3.63, 3.8) is 0 Å². The van der Waals surface area contributed by atoms with Gasteiger partial charge in [0.25, 0.3) is 0 Å². The molecule has 2 fully saturated rings. The first-order valence-corrected chi connectivity index (χ1v) is 12.4. The molecule has 38 heavy (non-hydrogen) atoms. The van der Waals surface area contributed by atoms with Gasteiger partial charge in [-0.15, -0.1) is 0 Å². The number of aliphatic carboxylic acids is 2. The fourth-order valence-electron chi connectivity index (χ4n) is 4.62. The van der Waals surface area contributed by atoms with E-state index < -0.39 is 23.7 Å². The lowest BCUT2D eigenvalue weighted by molar-refractivity contribution is -0.159. The number of carbonyl (C=O) groups excluding carboxylic acids is 1. The molecule has 0 spiro atoms. The molecule has 8 nitrogen and oxygen atoms in total. The number of benzene rings is 2. The van der Waals surface area contributed by atoms with E-state index in [1.54, 1.807) is 12.1 Å². The van der Waals surface area contributed by atoms with Gasteiger partial charge in [-0.1, -0.05) is 42.5 Å². The molecule has 206 valence electrons. The first-order chi connectivity index (χ1) is 18.0. The van der Waals surface area contributed by atoms with Gasteiger partial charge in [0.1, 0.15) is 0 Å². The molecule has 2 N–H and O–H groups in total. The summed E-state index contributed by atoms with van der Waals surface area (Å²) in [6.07, 6.45) is -2.68. The van der Waals surface area contributed by atoms with Crippen LogP contribution in [0.3, 0.4) is 0 Å². The van der Waals surface area contributed by atoms with Crippen LogP contribution in [-0.4, -0.2) is 82.0 Å². The Morgan fingerprint density at radius 2 is 1.18 bits per heavy atom. The highest BCUT2D eigenvalue weighted by molar-refractivity contribution is 6.27. The van der Waals surface area contributed by atoms with Crippen LogP contribution in [0.15, 0.2) is 54.6 Å². The lowest BCUT2D eigenvalue weighted by Crippen LogP contribution is -2.51. The minimum atomic E-state index is -4.30. The highest BCUT2D eigenvalue weighted by Gasteiger charge is 2.31. The number of carbonyl (C=O) groups is 3. The Bertz CT molecular complexity index is 1050. The van der Waals surface area contributed by atoms with Crippen molar-refractivity contribution >= 4 is 17.8 Å². The molecule has 0 aliphatic carbocycles. The predicted octanol–water partition coefficient (Wildman–Crippen LogP) is 3.42. The van der Waals surface area contributed by atoms with Crippen molar-refractivity contribution in [2.45, 2.75) is 32.1 Å². The lowest BCUT2D eigenvalue weighted by atomic mass is 9.94. The van der Waals surface area contributed by atoms with E-state index in [0.29, 0.717) is 6.54 Å². The van der Waals surface area contributed by atoms with Gasteiger partial charge in [0.05, 0.1) is 5.56 Å². The number of carboxylic acid groups (broad SMARTS) is 2. The average molecular weight is 536 g/mol. The van der Waals surface area contributed by atoms with E-state index in [0.717, 1.165) is 76.4 Å². The Morgan fingerprint density at radius 3 is 1.66 bits per heavy atom. The molecule has 2 aliphatic heterocycles. The summed E-state index contributed by atoms with van der Waals surface area (Å²) in [6.45, 7) is 6.48. The second-order valence-electron chi connectivity index (χ2n) is 9.44. The van der Waals surface area contributed by atoms with Crippen LogP contribution in [0.25, 0.3) is 0 Å². The number of nitrogens with zero attached hydrogens (tertiary/aromatic N) is 3. The van der Waals surface area contributed by atoms with Crippen LogP contribution < -0.4 is 0 Å². The standard InChI is InChI=1S/C25H30F3N3O.C2H2O4/c26-25(27,28)23-8-6-21(7-9-23)19-29-12-10-22(11-13-29)24(32)31-16-14-30(15-17-31)18-20-4-2-1-3-5-20;3-1(4)2(5)6/h1-9,22H,10-19H2;(H,3,4)(H,5,6). The van der Waals surface area contributed by atoms with Crippen LogP contribution >= 0.6 is 0 Å². The maximum Gasteiger partial charge on any atom is 0.416 e. The summed E-state index contributed by atoms with van der Waals surface area (Å²) in [7, 11) is 0. The first kappa shape index (κ1) is 29.1. The van der Waals surface area contributed by atoms with E-state index in [2.05, 4.69) is 34.1 Å². The van der Waals surface area contributed by atoms with Crippen molar-refractivity contribution in [3.8, 4) is 0 Å². The number of piperidine rings is 1. The van der Waals surface area contributed by atoms with Crippen LogP contribution in [0, 0.1) is 5.92 Å². The molecule has 0 saturated carbocycles. The Hall–Kier alpha value is -3.44. The van der Waals surface area contributed by atoms with Crippen LogP contribution in [-0.2, 0) is 33.6 Å². The maximum absolute atomic E-state index is 13.0. The summed E-state index contributed by atoms with van der Waals surface area (Å²) in [5, 5.41) is 14.8. The molecule has 2 aromatic carbocycles. The molecular formula is C27H32F3N3O5. The van der Waals surface area contributed by atoms with Crippen molar-refractivity contribution in [1.29, 1.82) is 0 Å². The van der Waals surface area contributed by atoms with Crippen LogP contribution in [0.4, 0.5) is 13.2 Å². The number of alkyl halides is 3. The highest BCUT2D eigenvalue weighted by Crippen LogP contribution is 2.29. The largest absolute Gasteiger partial charge is 0.473 e. The van der Waals surface area contributed by atoms with Crippen molar-refractivity contribution < 1.29 is 37.8 Å². The summed E-state index contributed by atoms with van der Waals surface area (Å²) < 4.78 is 38.2. The molecule has 11 heteroatoms. The maximum atomic E-state index is 13.0. The third-order valence-corrected chi connectivity index (χ3v) is 6.74. The summed E-state index contributed by atoms with van der Waals surface area (Å²) in [6, 6.07) is 15.8. The van der Waals surface area contributed by atoms with Gasteiger partial charge in [-0.05, 0) is 49.2 Å². The molecule has 0 aromatic heterocycles. The number of rotatable bonds is 5. The van der Waals surface area contributed by atoms with Crippen LogP contribution in [0.2, 0.25) is 0 Å². The monoisotopic (exact) mass is 535 g/mol. The van der Waals surface area contributed by atoms with Crippen LogP contribution in [0.1, 0.15) is 29.5 Å². The molecule has 2 saturated heterocycles. The number of hydrogen-bond donors (Lipinski definition) is 2. The van der Waals surface area contributed by atoms with E-state index in [4.69, 9.17) is 19.8 Å². The SMILES string of the molecule is O=C(C1CCN(Cc2ccc(C(F)(F)F)cc2)CC1)N1CCN(Cc2ccccc2)CC1.O=C(O)C(=O)O. The minimum Gasteiger partial charge on any atom is -0.473 e. The van der Waals surface area contributed by atoms with Crippen molar-refractivity contribution in [2.75, 3.05) is 39.3 Å². The lowest BCUT2D eigenvalue weighted by Gasteiger charge is -2.38. The predicted molar refractivity (Wildman–Crippen MR) is 133 cm³/mol. The van der Waals surface area contributed by atoms with Gasteiger partial charge < -0.3 is 15.1 Å². The van der Waals surface area contributed by atoms with Gasteiger partial charge in [-0.3, -0.25) is 14.6 Å². The van der Waals surface area contributed by atoms with E-state index in [1.807, 2.05) is 11.0 Å². The Balaban J connectivity index is 0.000000599. The van der Waals surface area contributed by atoms with Gasteiger partial charge in [-0.2, -0.15) is 13.2 Å². The number of carboxylic acids is 2. The molecule has 4 rings (SSSR count). The number of piperazine rings is 1. The van der Waals surface area contributed by atoms with E-state index >= 15 is 0 Å². The van der Waals surface area contributed by atoms with Gasteiger partial charge in [0.15, 0.2) is 0 Å².